The Balaban J connectivity index is 0.00000109. The second kappa shape index (κ2) is 8.26. The first-order chi connectivity index (χ1) is 12.0. The van der Waals surface area contributed by atoms with Crippen LogP contribution in [0.1, 0.15) is 0 Å². The second-order valence-electron chi connectivity index (χ2n) is 4.60. The zero-order valence-corrected chi connectivity index (χ0v) is 15.7. The summed E-state index contributed by atoms with van der Waals surface area (Å²) in [4.78, 5) is 26.5. The molecule has 0 amide bonds. The van der Waals surface area contributed by atoms with Gasteiger partial charge in [-0.1, -0.05) is 41.0 Å². The summed E-state index contributed by atoms with van der Waals surface area (Å²) in [5, 5.41) is 2.11. The lowest BCUT2D eigenvalue weighted by molar-refractivity contribution is 0.167. The molecule has 25 heavy (non-hydrogen) atoms. The highest BCUT2D eigenvalue weighted by molar-refractivity contribution is 7.98. The van der Waals surface area contributed by atoms with Gasteiger partial charge in [0.25, 0.3) is 5.56 Å². The highest BCUT2D eigenvalue weighted by Crippen LogP contribution is 2.29. The van der Waals surface area contributed by atoms with Crippen LogP contribution < -0.4 is 10.4 Å². The summed E-state index contributed by atoms with van der Waals surface area (Å²) in [5.74, 6) is 0. The van der Waals surface area contributed by atoms with Crippen LogP contribution in [-0.2, 0) is 0 Å². The van der Waals surface area contributed by atoms with Gasteiger partial charge in [0.2, 0.25) is 0 Å². The average Bonchev–Trinajstić information content (AvgIpc) is 2.63. The molecule has 0 aliphatic rings. The number of hydrogen-bond acceptors (Lipinski definition) is 5. The molecule has 128 valence electrons. The van der Waals surface area contributed by atoms with Crippen molar-refractivity contribution < 1.29 is 4.84 Å². The summed E-state index contributed by atoms with van der Waals surface area (Å²) in [5.41, 5.74) is 1.02. The summed E-state index contributed by atoms with van der Waals surface area (Å²) in [6.45, 7) is 0. The highest BCUT2D eigenvalue weighted by Gasteiger charge is 2.15. The number of fused-ring (bicyclic) bond motifs is 1. The lowest BCUT2D eigenvalue weighted by Crippen LogP contribution is -2.27. The third-order valence-electron chi connectivity index (χ3n) is 3.27. The Kier molecular flexibility index (Phi) is 6.32. The minimum atomic E-state index is -0.352. The summed E-state index contributed by atoms with van der Waals surface area (Å²) >= 11 is 13.5. The molecule has 0 bridgehead atoms. The van der Waals surface area contributed by atoms with E-state index in [0.29, 0.717) is 37.4 Å². The van der Waals surface area contributed by atoms with Crippen molar-refractivity contribution in [2.24, 2.45) is 0 Å². The predicted molar refractivity (Wildman–Crippen MR) is 103 cm³/mol. The van der Waals surface area contributed by atoms with E-state index in [9.17, 15) is 4.79 Å². The number of rotatable bonds is 3. The van der Waals surface area contributed by atoms with Crippen molar-refractivity contribution in [1.29, 1.82) is 0 Å². The quantitative estimate of drug-likeness (QED) is 0.384. The number of halogens is 2. The maximum atomic E-state index is 12.7. The maximum Gasteiger partial charge on any atom is 0.293 e. The minimum Gasteiger partial charge on any atom is -0.412 e. The Bertz CT molecular complexity index is 1000. The maximum absolute atomic E-state index is 12.7. The SMILES string of the molecule is C#C.COn1c(=O)c(-c2ccc(Cl)cc2Cl)cc2cnc(SC)nc21. The Morgan fingerprint density at radius 2 is 1.92 bits per heavy atom. The second-order valence-corrected chi connectivity index (χ2v) is 6.22. The van der Waals surface area contributed by atoms with Crippen molar-refractivity contribution in [3.8, 4) is 24.0 Å². The van der Waals surface area contributed by atoms with Crippen molar-refractivity contribution in [1.82, 2.24) is 14.7 Å². The molecule has 0 aliphatic heterocycles. The van der Waals surface area contributed by atoms with Crippen molar-refractivity contribution >= 4 is 46.0 Å². The van der Waals surface area contributed by atoms with Crippen LogP contribution >= 0.6 is 35.0 Å². The smallest absolute Gasteiger partial charge is 0.293 e. The van der Waals surface area contributed by atoms with Gasteiger partial charge < -0.3 is 4.84 Å². The summed E-state index contributed by atoms with van der Waals surface area (Å²) in [6.07, 6.45) is 11.5. The lowest BCUT2D eigenvalue weighted by atomic mass is 10.1. The Morgan fingerprint density at radius 1 is 1.20 bits per heavy atom. The third kappa shape index (κ3) is 3.74. The predicted octanol–water partition coefficient (Wildman–Crippen LogP) is 3.80. The van der Waals surface area contributed by atoms with E-state index in [1.807, 2.05) is 6.26 Å². The van der Waals surface area contributed by atoms with Crippen molar-refractivity contribution in [3.05, 3.63) is 50.9 Å². The summed E-state index contributed by atoms with van der Waals surface area (Å²) in [6, 6.07) is 6.67. The molecule has 8 heteroatoms. The van der Waals surface area contributed by atoms with Gasteiger partial charge in [-0.05, 0) is 24.5 Å². The molecule has 3 rings (SSSR count). The molecule has 0 saturated carbocycles. The van der Waals surface area contributed by atoms with E-state index < -0.39 is 0 Å². The molecule has 0 N–H and O–H groups in total. The molecule has 1 aromatic carbocycles. The molecule has 0 radical (unpaired) electrons. The van der Waals surface area contributed by atoms with Crippen LogP contribution in [0.25, 0.3) is 22.2 Å². The van der Waals surface area contributed by atoms with Crippen LogP contribution in [0.4, 0.5) is 0 Å². The van der Waals surface area contributed by atoms with Gasteiger partial charge in [0.05, 0.1) is 10.6 Å². The van der Waals surface area contributed by atoms with Crippen molar-refractivity contribution in [2.45, 2.75) is 5.16 Å². The Morgan fingerprint density at radius 3 is 2.52 bits per heavy atom. The average molecular weight is 394 g/mol. The molecule has 5 nitrogen and oxygen atoms in total. The number of aromatic nitrogens is 3. The van der Waals surface area contributed by atoms with Crippen LogP contribution in [0.3, 0.4) is 0 Å². The third-order valence-corrected chi connectivity index (χ3v) is 4.38. The molecule has 0 spiro atoms. The zero-order chi connectivity index (χ0) is 18.6. The molecule has 0 fully saturated rings. The van der Waals surface area contributed by atoms with E-state index in [1.54, 1.807) is 30.5 Å². The monoisotopic (exact) mass is 393 g/mol. The summed E-state index contributed by atoms with van der Waals surface area (Å²) < 4.78 is 1.14. The van der Waals surface area contributed by atoms with Crippen molar-refractivity contribution in [2.75, 3.05) is 13.4 Å². The first kappa shape index (κ1) is 19.1. The number of nitrogens with zero attached hydrogens (tertiary/aromatic N) is 3. The number of hydrogen-bond donors (Lipinski definition) is 0. The highest BCUT2D eigenvalue weighted by atomic mass is 35.5. The molecule has 3 aromatic rings. The van der Waals surface area contributed by atoms with Gasteiger partial charge in [0.15, 0.2) is 10.8 Å². The zero-order valence-electron chi connectivity index (χ0n) is 13.4. The lowest BCUT2D eigenvalue weighted by Gasteiger charge is -2.11. The standard InChI is InChI=1S/C15H11Cl2N3O2S.C2H2/c1-22-20-13-8(7-18-15(19-13)23-2)5-11(14(20)21)10-4-3-9(16)6-12(10)17;1-2/h3-7H,1-2H3;1-2H. The van der Waals surface area contributed by atoms with E-state index in [4.69, 9.17) is 28.0 Å². The first-order valence-electron chi connectivity index (χ1n) is 6.85. The van der Waals surface area contributed by atoms with Gasteiger partial charge >= 0.3 is 0 Å². The molecule has 0 aliphatic carbocycles. The van der Waals surface area contributed by atoms with Gasteiger partial charge in [-0.15, -0.1) is 17.6 Å². The molecular formula is C17H13Cl2N3O2S. The van der Waals surface area contributed by atoms with Gasteiger partial charge in [0, 0.05) is 22.2 Å². The molecule has 2 heterocycles. The molecule has 0 saturated heterocycles. The Labute approximate surface area is 158 Å². The van der Waals surface area contributed by atoms with Gasteiger partial charge in [-0.2, -0.15) is 0 Å². The van der Waals surface area contributed by atoms with E-state index in [2.05, 4.69) is 22.8 Å². The summed E-state index contributed by atoms with van der Waals surface area (Å²) in [7, 11) is 1.41. The molecule has 0 unspecified atom stereocenters. The van der Waals surface area contributed by atoms with Gasteiger partial charge in [-0.25, -0.2) is 9.97 Å². The topological polar surface area (TPSA) is 57.0 Å². The van der Waals surface area contributed by atoms with Crippen LogP contribution in [0.5, 0.6) is 0 Å². The number of pyridine rings is 1. The number of terminal acetylenes is 1. The minimum absolute atomic E-state index is 0.352. The van der Waals surface area contributed by atoms with Crippen LogP contribution in [0.2, 0.25) is 10.0 Å². The largest absolute Gasteiger partial charge is 0.412 e. The Hall–Kier alpha value is -2.20. The fourth-order valence-electron chi connectivity index (χ4n) is 2.22. The normalized spacial score (nSPS) is 10.2. The van der Waals surface area contributed by atoms with Crippen LogP contribution in [-0.4, -0.2) is 28.1 Å². The van der Waals surface area contributed by atoms with Gasteiger partial charge in [-0.3, -0.25) is 4.79 Å². The van der Waals surface area contributed by atoms with Gasteiger partial charge in [0.1, 0.15) is 7.11 Å². The van der Waals surface area contributed by atoms with E-state index in [-0.39, 0.29) is 5.56 Å². The van der Waals surface area contributed by atoms with E-state index in [0.717, 1.165) is 4.73 Å². The van der Waals surface area contributed by atoms with Crippen LogP contribution in [0, 0.1) is 12.8 Å². The van der Waals surface area contributed by atoms with Crippen LogP contribution in [0.15, 0.2) is 40.4 Å². The van der Waals surface area contributed by atoms with E-state index >= 15 is 0 Å². The fraction of sp³-hybridized carbons (Fsp3) is 0.118. The fourth-order valence-corrected chi connectivity index (χ4v) is 3.07. The van der Waals surface area contributed by atoms with Crippen molar-refractivity contribution in [3.63, 3.8) is 0 Å². The molecule has 0 atom stereocenters. The van der Waals surface area contributed by atoms with E-state index in [1.165, 1.54) is 18.9 Å². The number of benzene rings is 1. The number of thioether (sulfide) groups is 1. The molecule has 2 aromatic heterocycles. The first-order valence-corrected chi connectivity index (χ1v) is 8.83. The molecular weight excluding hydrogens is 381 g/mol.